The van der Waals surface area contributed by atoms with E-state index in [1.54, 1.807) is 0 Å². The van der Waals surface area contributed by atoms with E-state index in [0.29, 0.717) is 13.1 Å². The van der Waals surface area contributed by atoms with Gasteiger partial charge in [-0.1, -0.05) is 17.7 Å². The smallest absolute Gasteiger partial charge is 0.318 e. The van der Waals surface area contributed by atoms with Crippen LogP contribution in [0, 0.1) is 20.8 Å². The molecule has 0 atom stereocenters. The number of rotatable bonds is 6. The molecule has 0 saturated heterocycles. The van der Waals surface area contributed by atoms with Crippen LogP contribution in [0.25, 0.3) is 0 Å². The third-order valence-corrected chi connectivity index (χ3v) is 4.49. The van der Waals surface area contributed by atoms with Gasteiger partial charge in [0.25, 0.3) is 0 Å². The minimum Gasteiger partial charge on any atom is -0.338 e. The van der Waals surface area contributed by atoms with Crippen molar-refractivity contribution in [3.8, 4) is 0 Å². The van der Waals surface area contributed by atoms with Gasteiger partial charge in [-0.2, -0.15) is 0 Å². The van der Waals surface area contributed by atoms with Gasteiger partial charge in [0.15, 0.2) is 0 Å². The molecule has 0 bridgehead atoms. The van der Waals surface area contributed by atoms with Gasteiger partial charge in [-0.05, 0) is 58.2 Å². The summed E-state index contributed by atoms with van der Waals surface area (Å²) < 4.78 is 2.14. The molecule has 2 rings (SSSR count). The molecule has 1 N–H and O–H groups in total. The van der Waals surface area contributed by atoms with Crippen LogP contribution in [-0.4, -0.2) is 33.1 Å². The van der Waals surface area contributed by atoms with Crippen molar-refractivity contribution in [1.29, 1.82) is 0 Å². The normalized spacial score (nSPS) is 11.0. The van der Waals surface area contributed by atoms with Gasteiger partial charge in [0.2, 0.25) is 0 Å². The lowest BCUT2D eigenvalue weighted by atomic mass is 10.00. The average Bonchev–Trinajstić information content (AvgIpc) is 2.95. The summed E-state index contributed by atoms with van der Waals surface area (Å²) in [6.07, 6.45) is 3.80. The molecule has 0 aliphatic heterocycles. The maximum atomic E-state index is 12.3. The van der Waals surface area contributed by atoms with E-state index in [-0.39, 0.29) is 12.1 Å². The zero-order valence-corrected chi connectivity index (χ0v) is 16.3. The minimum atomic E-state index is -0.0465. The molecule has 0 unspecified atom stereocenters. The number of hydrogen-bond acceptors (Lipinski definition) is 2. The second-order valence-corrected chi connectivity index (χ2v) is 6.91. The number of imidazole rings is 1. The first-order valence-electron chi connectivity index (χ1n) is 8.94. The summed E-state index contributed by atoms with van der Waals surface area (Å²) in [5.41, 5.74) is 5.19. The van der Waals surface area contributed by atoms with Crippen LogP contribution in [0.3, 0.4) is 0 Å². The maximum Gasteiger partial charge on any atom is 0.318 e. The first kappa shape index (κ1) is 19.0. The average molecular weight is 342 g/mol. The Morgan fingerprint density at radius 1 is 1.24 bits per heavy atom. The Kier molecular flexibility index (Phi) is 6.23. The number of carbonyl (C=O) groups excluding carboxylic acids is 1. The molecule has 0 aliphatic carbocycles. The number of nitrogens with one attached hydrogen (secondary N) is 1. The second-order valence-electron chi connectivity index (χ2n) is 6.91. The van der Waals surface area contributed by atoms with Crippen molar-refractivity contribution in [2.24, 2.45) is 0 Å². The lowest BCUT2D eigenvalue weighted by Crippen LogP contribution is -2.43. The lowest BCUT2D eigenvalue weighted by molar-refractivity contribution is 0.177. The molecule has 0 aliphatic rings. The number of hydrogen-bond donors (Lipinski definition) is 1. The molecule has 1 aromatic heterocycles. The molecule has 136 valence electrons. The van der Waals surface area contributed by atoms with Crippen molar-refractivity contribution in [3.05, 3.63) is 52.6 Å². The molecule has 0 radical (unpaired) electrons. The molecule has 2 aromatic rings. The van der Waals surface area contributed by atoms with Crippen LogP contribution in [0.15, 0.2) is 24.5 Å². The molecular formula is C20H30N4O. The van der Waals surface area contributed by atoms with E-state index in [1.165, 1.54) is 22.3 Å². The number of nitrogens with zero attached hydrogens (tertiary/aromatic N) is 3. The molecule has 1 aromatic carbocycles. The van der Waals surface area contributed by atoms with Gasteiger partial charge in [0.1, 0.15) is 5.82 Å². The highest BCUT2D eigenvalue weighted by Gasteiger charge is 2.19. The molecule has 0 fully saturated rings. The van der Waals surface area contributed by atoms with Crippen molar-refractivity contribution >= 4 is 6.03 Å². The lowest BCUT2D eigenvalue weighted by Gasteiger charge is -2.27. The van der Waals surface area contributed by atoms with E-state index in [1.807, 2.05) is 38.1 Å². The van der Waals surface area contributed by atoms with Crippen LogP contribution in [0.2, 0.25) is 0 Å². The van der Waals surface area contributed by atoms with E-state index in [4.69, 9.17) is 0 Å². The Morgan fingerprint density at radius 2 is 1.88 bits per heavy atom. The fourth-order valence-corrected chi connectivity index (χ4v) is 3.16. The zero-order chi connectivity index (χ0) is 18.6. The molecule has 5 nitrogen and oxygen atoms in total. The van der Waals surface area contributed by atoms with Gasteiger partial charge >= 0.3 is 6.03 Å². The number of benzene rings is 1. The fraction of sp³-hybridized carbons (Fsp3) is 0.500. The first-order valence-corrected chi connectivity index (χ1v) is 8.94. The van der Waals surface area contributed by atoms with Crippen LogP contribution < -0.4 is 5.32 Å². The summed E-state index contributed by atoms with van der Waals surface area (Å²) in [4.78, 5) is 18.6. The standard InChI is InChI=1S/C20H30N4O/c1-7-21-20(25)24(14(2)3)13-19-22-8-9-23(19)12-18-16(5)10-15(4)11-17(18)6/h8-11,14H,7,12-13H2,1-6H3,(H,21,25). The Bertz CT molecular complexity index is 710. The summed E-state index contributed by atoms with van der Waals surface area (Å²) in [5.74, 6) is 0.902. The number of aromatic nitrogens is 2. The van der Waals surface area contributed by atoms with Crippen molar-refractivity contribution < 1.29 is 4.79 Å². The highest BCUT2D eigenvalue weighted by atomic mass is 16.2. The van der Waals surface area contributed by atoms with E-state index in [9.17, 15) is 4.79 Å². The Labute approximate surface area is 151 Å². The van der Waals surface area contributed by atoms with E-state index < -0.39 is 0 Å². The molecule has 1 heterocycles. The summed E-state index contributed by atoms with van der Waals surface area (Å²) in [6, 6.07) is 4.50. The molecule has 0 saturated carbocycles. The van der Waals surface area contributed by atoms with E-state index in [0.717, 1.165) is 12.4 Å². The van der Waals surface area contributed by atoms with Crippen LogP contribution >= 0.6 is 0 Å². The summed E-state index contributed by atoms with van der Waals surface area (Å²) in [5, 5.41) is 2.88. The third kappa shape index (κ3) is 4.62. The molecule has 25 heavy (non-hydrogen) atoms. The molecular weight excluding hydrogens is 312 g/mol. The Morgan fingerprint density at radius 3 is 2.44 bits per heavy atom. The highest BCUT2D eigenvalue weighted by Crippen LogP contribution is 2.19. The van der Waals surface area contributed by atoms with Crippen molar-refractivity contribution in [1.82, 2.24) is 19.8 Å². The van der Waals surface area contributed by atoms with Crippen LogP contribution in [0.1, 0.15) is 48.8 Å². The number of carbonyl (C=O) groups is 1. The van der Waals surface area contributed by atoms with Crippen LogP contribution in [0.4, 0.5) is 4.79 Å². The number of urea groups is 1. The fourth-order valence-electron chi connectivity index (χ4n) is 3.16. The SMILES string of the molecule is CCNC(=O)N(Cc1nccn1Cc1c(C)cc(C)cc1C)C(C)C. The minimum absolute atomic E-state index is 0.0465. The van der Waals surface area contributed by atoms with E-state index >= 15 is 0 Å². The van der Waals surface area contributed by atoms with Crippen LogP contribution in [-0.2, 0) is 13.1 Å². The number of amides is 2. The number of aryl methyl sites for hydroxylation is 3. The van der Waals surface area contributed by atoms with Gasteiger partial charge in [-0.25, -0.2) is 9.78 Å². The van der Waals surface area contributed by atoms with Crippen molar-refractivity contribution in [2.75, 3.05) is 6.54 Å². The topological polar surface area (TPSA) is 50.2 Å². The highest BCUT2D eigenvalue weighted by molar-refractivity contribution is 5.74. The summed E-state index contributed by atoms with van der Waals surface area (Å²) in [7, 11) is 0. The third-order valence-electron chi connectivity index (χ3n) is 4.49. The van der Waals surface area contributed by atoms with Crippen molar-refractivity contribution in [3.63, 3.8) is 0 Å². The molecule has 0 spiro atoms. The monoisotopic (exact) mass is 342 g/mol. The van der Waals surface area contributed by atoms with Gasteiger partial charge < -0.3 is 14.8 Å². The predicted molar refractivity (Wildman–Crippen MR) is 102 cm³/mol. The zero-order valence-electron chi connectivity index (χ0n) is 16.3. The van der Waals surface area contributed by atoms with Crippen LogP contribution in [0.5, 0.6) is 0 Å². The summed E-state index contributed by atoms with van der Waals surface area (Å²) >= 11 is 0. The van der Waals surface area contributed by atoms with E-state index in [2.05, 4.69) is 47.8 Å². The maximum absolute atomic E-state index is 12.3. The molecule has 5 heteroatoms. The van der Waals surface area contributed by atoms with Gasteiger partial charge in [0, 0.05) is 31.5 Å². The Balaban J connectivity index is 2.24. The van der Waals surface area contributed by atoms with Crippen molar-refractivity contribution in [2.45, 2.75) is 60.7 Å². The molecule has 2 amide bonds. The first-order chi connectivity index (χ1) is 11.8. The van der Waals surface area contributed by atoms with Gasteiger partial charge in [0.05, 0.1) is 6.54 Å². The second kappa shape index (κ2) is 8.19. The van der Waals surface area contributed by atoms with Gasteiger partial charge in [-0.15, -0.1) is 0 Å². The Hall–Kier alpha value is -2.30. The predicted octanol–water partition coefficient (Wildman–Crippen LogP) is 3.80. The quantitative estimate of drug-likeness (QED) is 0.868. The van der Waals surface area contributed by atoms with Gasteiger partial charge in [-0.3, -0.25) is 0 Å². The largest absolute Gasteiger partial charge is 0.338 e. The summed E-state index contributed by atoms with van der Waals surface area (Å²) in [6.45, 7) is 14.3.